The van der Waals surface area contributed by atoms with E-state index in [0.717, 1.165) is 56.3 Å². The predicted octanol–water partition coefficient (Wildman–Crippen LogP) is 3.11. The Hall–Kier alpha value is -4.18. The number of hydrogen-bond donors (Lipinski definition) is 2. The second-order valence-electron chi connectivity index (χ2n) is 7.33. The molecule has 0 amide bonds. The molecule has 0 bridgehead atoms. The van der Waals surface area contributed by atoms with Crippen molar-refractivity contribution < 1.29 is 0 Å². The first-order chi connectivity index (χ1) is 16.2. The molecule has 10 heteroatoms. The summed E-state index contributed by atoms with van der Waals surface area (Å²) >= 11 is 0. The van der Waals surface area contributed by atoms with Crippen LogP contribution >= 0.6 is 0 Å². The van der Waals surface area contributed by atoms with E-state index in [9.17, 15) is 0 Å². The number of rotatable bonds is 12. The summed E-state index contributed by atoms with van der Waals surface area (Å²) in [5.41, 5.74) is 13.7. The van der Waals surface area contributed by atoms with Gasteiger partial charge in [-0.2, -0.15) is 10.5 Å². The lowest BCUT2D eigenvalue weighted by Gasteiger charge is -2.23. The maximum atomic E-state index is 8.81. The molecule has 0 saturated heterocycles. The number of nitrogens with zero attached hydrogens (tertiary/aromatic N) is 8. The number of pyridine rings is 2. The Morgan fingerprint density at radius 1 is 0.667 bits per heavy atom. The molecule has 0 atom stereocenters. The van der Waals surface area contributed by atoms with Crippen molar-refractivity contribution in [1.29, 1.82) is 10.5 Å². The number of guanidine groups is 2. The minimum atomic E-state index is 0.196. The number of nitrogens with two attached hydrogens (primary N) is 2. The van der Waals surface area contributed by atoms with Crippen LogP contribution in [0.5, 0.6) is 0 Å². The van der Waals surface area contributed by atoms with Crippen molar-refractivity contribution in [2.24, 2.45) is 21.5 Å². The van der Waals surface area contributed by atoms with Gasteiger partial charge in [-0.25, -0.2) is 0 Å². The van der Waals surface area contributed by atoms with E-state index in [4.69, 9.17) is 22.0 Å². The van der Waals surface area contributed by atoms with Gasteiger partial charge in [0.2, 0.25) is 24.3 Å². The van der Waals surface area contributed by atoms with E-state index in [0.29, 0.717) is 13.1 Å². The Balaban J connectivity index is 1.68. The van der Waals surface area contributed by atoms with Gasteiger partial charge < -0.3 is 21.3 Å². The van der Waals surface area contributed by atoms with Gasteiger partial charge in [0.25, 0.3) is 0 Å². The highest BCUT2D eigenvalue weighted by Crippen LogP contribution is 2.16. The van der Waals surface area contributed by atoms with Gasteiger partial charge in [-0.05, 0) is 37.1 Å². The molecule has 0 aliphatic heterocycles. The van der Waals surface area contributed by atoms with E-state index in [2.05, 4.69) is 20.0 Å². The fraction of sp³-hybridized carbons (Fsp3) is 0.391. The Kier molecular flexibility index (Phi) is 11.2. The molecule has 0 aromatic carbocycles. The van der Waals surface area contributed by atoms with Crippen molar-refractivity contribution in [3.8, 4) is 12.4 Å². The lowest BCUT2D eigenvalue weighted by Crippen LogP contribution is -2.38. The molecule has 0 unspecified atom stereocenters. The number of aromatic nitrogens is 2. The molecule has 2 aromatic heterocycles. The van der Waals surface area contributed by atoms with Gasteiger partial charge in [0, 0.05) is 49.3 Å². The Morgan fingerprint density at radius 2 is 1.00 bits per heavy atom. The van der Waals surface area contributed by atoms with E-state index < -0.39 is 0 Å². The zero-order valence-corrected chi connectivity index (χ0v) is 18.7. The normalized spacial score (nSPS) is 11.5. The second kappa shape index (κ2) is 14.8. The highest BCUT2D eigenvalue weighted by atomic mass is 15.3. The zero-order chi connectivity index (χ0) is 23.7. The van der Waals surface area contributed by atoms with Crippen LogP contribution in [0.2, 0.25) is 0 Å². The highest BCUT2D eigenvalue weighted by Gasteiger charge is 2.11. The maximum Gasteiger partial charge on any atom is 0.211 e. The van der Waals surface area contributed by atoms with Gasteiger partial charge in [-0.3, -0.25) is 9.97 Å². The number of unbranched alkanes of at least 4 members (excludes halogenated alkanes) is 6. The van der Waals surface area contributed by atoms with Gasteiger partial charge in [0.05, 0.1) is 0 Å². The van der Waals surface area contributed by atoms with Crippen LogP contribution < -0.4 is 21.3 Å². The van der Waals surface area contributed by atoms with Crippen molar-refractivity contribution in [2.45, 2.75) is 44.9 Å². The molecular formula is C23H30N10. The first-order valence-corrected chi connectivity index (χ1v) is 11.0. The molecule has 172 valence electrons. The Morgan fingerprint density at radius 3 is 1.33 bits per heavy atom. The summed E-state index contributed by atoms with van der Waals surface area (Å²) in [4.78, 5) is 19.1. The molecule has 2 rings (SSSR count). The van der Waals surface area contributed by atoms with Crippen molar-refractivity contribution in [3.63, 3.8) is 0 Å². The summed E-state index contributed by atoms with van der Waals surface area (Å²) < 4.78 is 0. The van der Waals surface area contributed by atoms with Crippen LogP contribution in [0, 0.1) is 22.9 Å². The number of nitriles is 2. The molecular weight excluding hydrogens is 416 g/mol. The molecule has 2 heterocycles. The molecule has 10 nitrogen and oxygen atoms in total. The van der Waals surface area contributed by atoms with Crippen molar-refractivity contribution in [1.82, 2.24) is 9.97 Å². The zero-order valence-electron chi connectivity index (χ0n) is 18.7. The summed E-state index contributed by atoms with van der Waals surface area (Å²) in [5, 5.41) is 17.6. The van der Waals surface area contributed by atoms with Crippen LogP contribution in [0.1, 0.15) is 44.9 Å². The molecule has 0 spiro atoms. The molecule has 33 heavy (non-hydrogen) atoms. The Labute approximate surface area is 194 Å². The van der Waals surface area contributed by atoms with Gasteiger partial charge in [0.15, 0.2) is 0 Å². The largest absolute Gasteiger partial charge is 0.369 e. The molecule has 0 aliphatic carbocycles. The predicted molar refractivity (Wildman–Crippen MR) is 130 cm³/mol. The van der Waals surface area contributed by atoms with Crippen LogP contribution in [-0.4, -0.2) is 35.0 Å². The summed E-state index contributed by atoms with van der Waals surface area (Å²) in [6.45, 7) is 1.39. The van der Waals surface area contributed by atoms with E-state index in [1.165, 1.54) is 0 Å². The molecule has 0 fully saturated rings. The fourth-order valence-corrected chi connectivity index (χ4v) is 3.45. The monoisotopic (exact) mass is 446 g/mol. The lowest BCUT2D eigenvalue weighted by molar-refractivity contribution is 0.583. The summed E-state index contributed by atoms with van der Waals surface area (Å²) in [6.07, 6.45) is 17.6. The summed E-state index contributed by atoms with van der Waals surface area (Å²) in [7, 11) is 0. The number of anilines is 2. The smallest absolute Gasteiger partial charge is 0.211 e. The molecule has 0 aliphatic rings. The van der Waals surface area contributed by atoms with Gasteiger partial charge in [-0.15, -0.1) is 9.98 Å². The third kappa shape index (κ3) is 8.83. The molecule has 0 saturated carbocycles. The van der Waals surface area contributed by atoms with Crippen molar-refractivity contribution >= 4 is 23.3 Å². The minimum absolute atomic E-state index is 0.196. The van der Waals surface area contributed by atoms with Crippen LogP contribution in [-0.2, 0) is 0 Å². The minimum Gasteiger partial charge on any atom is -0.369 e. The average Bonchev–Trinajstić information content (AvgIpc) is 2.84. The van der Waals surface area contributed by atoms with Crippen LogP contribution in [0.15, 0.2) is 59.0 Å². The van der Waals surface area contributed by atoms with Gasteiger partial charge in [-0.1, -0.05) is 32.1 Å². The SMILES string of the molecule is N#CN=C(N)N(CCCCCCCCCN(C(N)=NC#N)c1ccncc1)c1ccncc1. The molecule has 2 aromatic rings. The third-order valence-electron chi connectivity index (χ3n) is 5.09. The standard InChI is InChI=1S/C23H30N10/c24-18-30-22(26)32(20-8-12-28-13-9-20)16-6-4-2-1-3-5-7-17-33(23(27)31-19-25)21-10-14-29-15-11-21/h8-15H,1-7,16-17H2,(H2,26,30)(H2,27,31). The van der Waals surface area contributed by atoms with Gasteiger partial charge >= 0.3 is 0 Å². The quantitative estimate of drug-likeness (QED) is 0.218. The van der Waals surface area contributed by atoms with Crippen molar-refractivity contribution in [3.05, 3.63) is 49.1 Å². The first-order valence-electron chi connectivity index (χ1n) is 11.0. The van der Waals surface area contributed by atoms with Crippen LogP contribution in [0.25, 0.3) is 0 Å². The van der Waals surface area contributed by atoms with Crippen molar-refractivity contribution in [2.75, 3.05) is 22.9 Å². The topological polar surface area (TPSA) is 157 Å². The van der Waals surface area contributed by atoms with E-state index in [-0.39, 0.29) is 11.9 Å². The number of hydrogen-bond acceptors (Lipinski definition) is 6. The first kappa shape index (κ1) is 25.1. The maximum absolute atomic E-state index is 8.81. The third-order valence-corrected chi connectivity index (χ3v) is 5.09. The van der Waals surface area contributed by atoms with E-state index in [1.807, 2.05) is 34.1 Å². The van der Waals surface area contributed by atoms with Crippen LogP contribution in [0.4, 0.5) is 11.4 Å². The Bertz CT molecular complexity index is 881. The summed E-state index contributed by atoms with van der Waals surface area (Å²) in [5.74, 6) is 0.392. The van der Waals surface area contributed by atoms with E-state index >= 15 is 0 Å². The summed E-state index contributed by atoms with van der Waals surface area (Å²) in [6, 6.07) is 7.40. The molecule has 4 N–H and O–H groups in total. The van der Waals surface area contributed by atoms with Crippen LogP contribution in [0.3, 0.4) is 0 Å². The molecule has 0 radical (unpaired) electrons. The average molecular weight is 447 g/mol. The lowest BCUT2D eigenvalue weighted by atomic mass is 10.1. The number of aliphatic imine (C=N–C) groups is 2. The van der Waals surface area contributed by atoms with Gasteiger partial charge in [0.1, 0.15) is 0 Å². The second-order valence-corrected chi connectivity index (χ2v) is 7.33. The fourth-order valence-electron chi connectivity index (χ4n) is 3.45. The van der Waals surface area contributed by atoms with E-state index in [1.54, 1.807) is 37.2 Å². The highest BCUT2D eigenvalue weighted by molar-refractivity contribution is 5.95.